The number of carbonyl (C=O) groups excluding carboxylic acids is 2. The van der Waals surface area contributed by atoms with E-state index in [1.54, 1.807) is 48.7 Å². The molecule has 1 heterocycles. The summed E-state index contributed by atoms with van der Waals surface area (Å²) < 4.78 is 5.69. The highest BCUT2D eigenvalue weighted by Gasteiger charge is 2.14. The van der Waals surface area contributed by atoms with Crippen molar-refractivity contribution in [1.82, 2.24) is 10.3 Å². The summed E-state index contributed by atoms with van der Waals surface area (Å²) in [7, 11) is 1.54. The van der Waals surface area contributed by atoms with Crippen LogP contribution in [0.2, 0.25) is 10.0 Å². The van der Waals surface area contributed by atoms with E-state index in [1.807, 2.05) is 0 Å². The summed E-state index contributed by atoms with van der Waals surface area (Å²) in [5.74, 6) is 0.395. The van der Waals surface area contributed by atoms with Crippen LogP contribution in [0.4, 0.5) is 5.69 Å². The topological polar surface area (TPSA) is 84.2 Å². The fraction of sp³-hybridized carbons (Fsp3) is 0.150. The summed E-state index contributed by atoms with van der Waals surface area (Å²) >= 11 is 12.1. The second kappa shape index (κ2) is 8.91. The molecule has 0 fully saturated rings. The molecule has 0 aliphatic carbocycles. The van der Waals surface area contributed by atoms with Gasteiger partial charge in [0.2, 0.25) is 5.91 Å². The van der Waals surface area contributed by atoms with E-state index in [0.717, 1.165) is 0 Å². The van der Waals surface area contributed by atoms with Crippen LogP contribution in [0.25, 0.3) is 11.3 Å². The summed E-state index contributed by atoms with van der Waals surface area (Å²) in [5, 5.41) is 6.28. The summed E-state index contributed by atoms with van der Waals surface area (Å²) in [6, 6.07) is 11.9. The van der Waals surface area contributed by atoms with E-state index in [9.17, 15) is 9.59 Å². The molecule has 8 heteroatoms. The number of halogens is 2. The molecule has 0 aliphatic rings. The first kappa shape index (κ1) is 19.9. The van der Waals surface area contributed by atoms with Gasteiger partial charge in [0.05, 0.1) is 22.5 Å². The highest BCUT2D eigenvalue weighted by Crippen LogP contribution is 2.30. The quantitative estimate of drug-likeness (QED) is 0.614. The molecule has 0 unspecified atom stereocenters. The second-order valence-corrected chi connectivity index (χ2v) is 6.76. The van der Waals surface area contributed by atoms with Crippen LogP contribution in [0.5, 0.6) is 0 Å². The molecule has 1 aromatic heterocycles. The molecule has 3 rings (SSSR count). The average molecular weight is 418 g/mol. The van der Waals surface area contributed by atoms with Crippen LogP contribution < -0.4 is 10.6 Å². The molecule has 6 nitrogen and oxygen atoms in total. The molecule has 2 amide bonds. The van der Waals surface area contributed by atoms with E-state index in [-0.39, 0.29) is 18.2 Å². The number of hydrogen-bond donors (Lipinski definition) is 2. The summed E-state index contributed by atoms with van der Waals surface area (Å²) in [6.45, 7) is 0. The third-order valence-corrected chi connectivity index (χ3v) is 4.54. The summed E-state index contributed by atoms with van der Waals surface area (Å²) in [6.07, 6.45) is 2.01. The number of benzene rings is 2. The zero-order valence-corrected chi connectivity index (χ0v) is 16.5. The number of anilines is 1. The molecule has 0 spiro atoms. The van der Waals surface area contributed by atoms with Crippen molar-refractivity contribution in [2.45, 2.75) is 12.8 Å². The third kappa shape index (κ3) is 4.71. The number of para-hydroxylation sites is 1. The first-order valence-electron chi connectivity index (χ1n) is 8.49. The summed E-state index contributed by atoms with van der Waals surface area (Å²) in [5.41, 5.74) is 1.52. The van der Waals surface area contributed by atoms with Crippen molar-refractivity contribution >= 4 is 40.7 Å². The number of oxazole rings is 1. The smallest absolute Gasteiger partial charge is 0.253 e. The normalized spacial score (nSPS) is 10.5. The maximum atomic E-state index is 12.3. The van der Waals surface area contributed by atoms with Gasteiger partial charge in [0.1, 0.15) is 0 Å². The standard InChI is InChI=1S/C20H17Cl2N3O3/c1-23-20(27)14-4-2-3-5-16(14)25-18(26)8-9-19-24-11-17(28-19)13-7-6-12(21)10-15(13)22/h2-7,10-11H,8-9H2,1H3,(H,23,27)(H,25,26). The largest absolute Gasteiger partial charge is 0.441 e. The average Bonchev–Trinajstić information content (AvgIpc) is 3.15. The van der Waals surface area contributed by atoms with Gasteiger partial charge in [-0.15, -0.1) is 0 Å². The number of aryl methyl sites for hydroxylation is 1. The molecular weight excluding hydrogens is 401 g/mol. The van der Waals surface area contributed by atoms with Crippen molar-refractivity contribution in [1.29, 1.82) is 0 Å². The zero-order chi connectivity index (χ0) is 20.1. The molecule has 0 radical (unpaired) electrons. The van der Waals surface area contributed by atoms with Gasteiger partial charge in [-0.1, -0.05) is 35.3 Å². The van der Waals surface area contributed by atoms with Crippen molar-refractivity contribution in [2.75, 3.05) is 12.4 Å². The van der Waals surface area contributed by atoms with Gasteiger partial charge in [-0.3, -0.25) is 9.59 Å². The van der Waals surface area contributed by atoms with Gasteiger partial charge in [-0.25, -0.2) is 4.98 Å². The predicted octanol–water partition coefficient (Wildman–Crippen LogP) is 4.58. The van der Waals surface area contributed by atoms with Gasteiger partial charge in [-0.2, -0.15) is 0 Å². The van der Waals surface area contributed by atoms with Crippen LogP contribution in [0, 0.1) is 0 Å². The number of carbonyl (C=O) groups is 2. The maximum absolute atomic E-state index is 12.3. The van der Waals surface area contributed by atoms with Gasteiger partial charge >= 0.3 is 0 Å². The lowest BCUT2D eigenvalue weighted by molar-refractivity contribution is -0.116. The van der Waals surface area contributed by atoms with Crippen molar-refractivity contribution in [2.24, 2.45) is 0 Å². The molecule has 0 bridgehead atoms. The number of hydrogen-bond acceptors (Lipinski definition) is 4. The van der Waals surface area contributed by atoms with E-state index in [2.05, 4.69) is 15.6 Å². The molecule has 0 saturated heterocycles. The minimum Gasteiger partial charge on any atom is -0.441 e. The minimum absolute atomic E-state index is 0.149. The Kier molecular flexibility index (Phi) is 6.34. The van der Waals surface area contributed by atoms with Crippen molar-refractivity contribution < 1.29 is 14.0 Å². The Labute approximate surface area is 171 Å². The minimum atomic E-state index is -0.270. The Morgan fingerprint density at radius 1 is 1.14 bits per heavy atom. The predicted molar refractivity (Wildman–Crippen MR) is 109 cm³/mol. The number of nitrogens with zero attached hydrogens (tertiary/aromatic N) is 1. The Balaban J connectivity index is 1.63. The Hall–Kier alpha value is -2.83. The second-order valence-electron chi connectivity index (χ2n) is 5.92. The van der Waals surface area contributed by atoms with Crippen molar-refractivity contribution in [3.63, 3.8) is 0 Å². The maximum Gasteiger partial charge on any atom is 0.253 e. The lowest BCUT2D eigenvalue weighted by Gasteiger charge is -2.09. The molecule has 3 aromatic rings. The Morgan fingerprint density at radius 3 is 2.68 bits per heavy atom. The Bertz CT molecular complexity index is 1020. The molecule has 28 heavy (non-hydrogen) atoms. The first-order chi connectivity index (χ1) is 13.5. The van der Waals surface area contributed by atoms with Crippen LogP contribution >= 0.6 is 23.2 Å². The molecule has 0 aliphatic heterocycles. The SMILES string of the molecule is CNC(=O)c1ccccc1NC(=O)CCc1ncc(-c2ccc(Cl)cc2Cl)o1. The van der Waals surface area contributed by atoms with E-state index >= 15 is 0 Å². The molecule has 144 valence electrons. The summed E-state index contributed by atoms with van der Waals surface area (Å²) in [4.78, 5) is 28.3. The zero-order valence-electron chi connectivity index (χ0n) is 15.0. The van der Waals surface area contributed by atoms with Crippen LogP contribution in [0.15, 0.2) is 53.1 Å². The highest BCUT2D eigenvalue weighted by atomic mass is 35.5. The highest BCUT2D eigenvalue weighted by molar-refractivity contribution is 6.36. The van der Waals surface area contributed by atoms with Gasteiger partial charge in [0, 0.05) is 30.5 Å². The van der Waals surface area contributed by atoms with E-state index in [1.165, 1.54) is 7.05 Å². The molecular formula is C20H17Cl2N3O3. The number of aromatic nitrogens is 1. The Morgan fingerprint density at radius 2 is 1.93 bits per heavy atom. The molecule has 2 N–H and O–H groups in total. The van der Waals surface area contributed by atoms with Gasteiger partial charge in [0.25, 0.3) is 5.91 Å². The van der Waals surface area contributed by atoms with E-state index < -0.39 is 0 Å². The fourth-order valence-electron chi connectivity index (χ4n) is 2.60. The van der Waals surface area contributed by atoms with Crippen molar-refractivity contribution in [3.8, 4) is 11.3 Å². The van der Waals surface area contributed by atoms with Crippen LogP contribution in [0.1, 0.15) is 22.7 Å². The van der Waals surface area contributed by atoms with Crippen molar-refractivity contribution in [3.05, 3.63) is 70.2 Å². The van der Waals surface area contributed by atoms with Crippen LogP contribution in [-0.2, 0) is 11.2 Å². The van der Waals surface area contributed by atoms with Gasteiger partial charge in [0.15, 0.2) is 11.7 Å². The fourth-order valence-corrected chi connectivity index (χ4v) is 3.10. The first-order valence-corrected chi connectivity index (χ1v) is 9.24. The lowest BCUT2D eigenvalue weighted by Crippen LogP contribution is -2.21. The number of nitrogens with one attached hydrogen (secondary N) is 2. The van der Waals surface area contributed by atoms with E-state index in [4.69, 9.17) is 27.6 Å². The molecule has 2 aromatic carbocycles. The van der Waals surface area contributed by atoms with E-state index in [0.29, 0.717) is 44.9 Å². The van der Waals surface area contributed by atoms with Crippen LogP contribution in [-0.4, -0.2) is 23.8 Å². The third-order valence-electron chi connectivity index (χ3n) is 3.99. The molecule has 0 saturated carbocycles. The van der Waals surface area contributed by atoms with Gasteiger partial charge < -0.3 is 15.1 Å². The lowest BCUT2D eigenvalue weighted by atomic mass is 10.1. The van der Waals surface area contributed by atoms with Crippen LogP contribution in [0.3, 0.4) is 0 Å². The number of rotatable bonds is 6. The monoisotopic (exact) mass is 417 g/mol. The van der Waals surface area contributed by atoms with Gasteiger partial charge in [-0.05, 0) is 30.3 Å². The number of amides is 2. The molecule has 0 atom stereocenters.